The van der Waals surface area contributed by atoms with Gasteiger partial charge in [-0.15, -0.1) is 0 Å². The topological polar surface area (TPSA) is 44.4 Å². The van der Waals surface area contributed by atoms with Crippen LogP contribution in [0.4, 0.5) is 11.4 Å². The molecule has 2 rings (SSSR count). The van der Waals surface area contributed by atoms with E-state index in [9.17, 15) is 4.79 Å². The van der Waals surface area contributed by atoms with E-state index < -0.39 is 0 Å². The molecule has 1 aliphatic heterocycles. The molecule has 1 aromatic carbocycles. The summed E-state index contributed by atoms with van der Waals surface area (Å²) >= 11 is 0. The van der Waals surface area contributed by atoms with Gasteiger partial charge in [0, 0.05) is 37.1 Å². The fourth-order valence-corrected chi connectivity index (χ4v) is 2.30. The Kier molecular flexibility index (Phi) is 4.43. The molecule has 104 valence electrons. The molecule has 1 saturated heterocycles. The van der Waals surface area contributed by atoms with Crippen LogP contribution in [0.25, 0.3) is 0 Å². The highest BCUT2D eigenvalue weighted by molar-refractivity contribution is 5.93. The Bertz CT molecular complexity index is 424. The minimum atomic E-state index is 0.114. The molecule has 0 bridgehead atoms. The summed E-state index contributed by atoms with van der Waals surface area (Å²) in [6.45, 7) is 9.09. The maximum atomic E-state index is 11.8. The van der Waals surface area contributed by atoms with Gasteiger partial charge in [-0.3, -0.25) is 4.79 Å². The van der Waals surface area contributed by atoms with Crippen molar-refractivity contribution in [1.82, 2.24) is 5.32 Å². The summed E-state index contributed by atoms with van der Waals surface area (Å²) in [5.74, 6) is 0.241. The molecule has 0 atom stereocenters. The van der Waals surface area contributed by atoms with Crippen LogP contribution in [0.3, 0.4) is 0 Å². The first-order valence-electron chi connectivity index (χ1n) is 7.00. The maximum Gasteiger partial charge on any atom is 0.230 e. The summed E-state index contributed by atoms with van der Waals surface area (Å²) in [6.07, 6.45) is 0. The Morgan fingerprint density at radius 1 is 1.37 bits per heavy atom. The predicted octanol–water partition coefficient (Wildman–Crippen LogP) is 2.08. The zero-order chi connectivity index (χ0) is 13.8. The molecule has 0 radical (unpaired) electrons. The van der Waals surface area contributed by atoms with E-state index in [1.807, 2.05) is 12.1 Å². The summed E-state index contributed by atoms with van der Waals surface area (Å²) in [4.78, 5) is 14.1. The number of rotatable bonds is 5. The lowest BCUT2D eigenvalue weighted by atomic mass is 10.0. The van der Waals surface area contributed by atoms with E-state index in [1.54, 1.807) is 0 Å². The molecule has 0 saturated carbocycles. The van der Waals surface area contributed by atoms with Crippen molar-refractivity contribution in [3.05, 3.63) is 24.3 Å². The molecule has 1 aliphatic rings. The average Bonchev–Trinajstić information content (AvgIpc) is 2.29. The molecule has 1 amide bonds. The number of hydrogen-bond donors (Lipinski definition) is 2. The monoisotopic (exact) mass is 261 g/mol. The number of amides is 1. The Morgan fingerprint density at radius 2 is 2.00 bits per heavy atom. The SMILES string of the molecule is CCN(c1ccc(NC(=O)C2CNC2)cc1)C(C)C. The Balaban J connectivity index is 1.99. The number of nitrogens with zero attached hydrogens (tertiary/aromatic N) is 1. The second kappa shape index (κ2) is 6.06. The normalized spacial score (nSPS) is 15.2. The lowest BCUT2D eigenvalue weighted by Gasteiger charge is -2.28. The smallest absolute Gasteiger partial charge is 0.230 e. The van der Waals surface area contributed by atoms with Crippen LogP contribution in [0.5, 0.6) is 0 Å². The minimum Gasteiger partial charge on any atom is -0.369 e. The highest BCUT2D eigenvalue weighted by Gasteiger charge is 2.24. The Labute approximate surface area is 115 Å². The van der Waals surface area contributed by atoms with Gasteiger partial charge in [0.15, 0.2) is 0 Å². The van der Waals surface area contributed by atoms with E-state index in [0.717, 1.165) is 25.3 Å². The lowest BCUT2D eigenvalue weighted by Crippen LogP contribution is -2.48. The third-order valence-electron chi connectivity index (χ3n) is 3.58. The van der Waals surface area contributed by atoms with E-state index in [2.05, 4.69) is 48.4 Å². The second-order valence-electron chi connectivity index (χ2n) is 5.27. The first-order valence-corrected chi connectivity index (χ1v) is 7.00. The first-order chi connectivity index (χ1) is 9.11. The van der Waals surface area contributed by atoms with Crippen LogP contribution in [0.15, 0.2) is 24.3 Å². The average molecular weight is 261 g/mol. The molecule has 0 aromatic heterocycles. The molecule has 0 spiro atoms. The van der Waals surface area contributed by atoms with Crippen LogP contribution in [-0.4, -0.2) is 31.6 Å². The molecule has 19 heavy (non-hydrogen) atoms. The van der Waals surface area contributed by atoms with E-state index in [-0.39, 0.29) is 11.8 Å². The number of nitrogens with one attached hydrogen (secondary N) is 2. The van der Waals surface area contributed by atoms with Gasteiger partial charge in [-0.25, -0.2) is 0 Å². The van der Waals surface area contributed by atoms with Crippen LogP contribution in [0.1, 0.15) is 20.8 Å². The van der Waals surface area contributed by atoms with Crippen molar-refractivity contribution in [1.29, 1.82) is 0 Å². The highest BCUT2D eigenvalue weighted by Crippen LogP contribution is 2.20. The molecule has 0 unspecified atom stereocenters. The van der Waals surface area contributed by atoms with Crippen LogP contribution in [0.2, 0.25) is 0 Å². The van der Waals surface area contributed by atoms with Crippen LogP contribution in [0, 0.1) is 5.92 Å². The van der Waals surface area contributed by atoms with Gasteiger partial charge in [0.1, 0.15) is 0 Å². The maximum absolute atomic E-state index is 11.8. The molecule has 0 aliphatic carbocycles. The number of hydrogen-bond acceptors (Lipinski definition) is 3. The van der Waals surface area contributed by atoms with Gasteiger partial charge in [-0.05, 0) is 45.0 Å². The van der Waals surface area contributed by atoms with Gasteiger partial charge < -0.3 is 15.5 Å². The Morgan fingerprint density at radius 3 is 2.42 bits per heavy atom. The molecular weight excluding hydrogens is 238 g/mol. The fourth-order valence-electron chi connectivity index (χ4n) is 2.30. The van der Waals surface area contributed by atoms with Crippen molar-refractivity contribution in [2.24, 2.45) is 5.92 Å². The number of benzene rings is 1. The fraction of sp³-hybridized carbons (Fsp3) is 0.533. The summed E-state index contributed by atoms with van der Waals surface area (Å²) in [7, 11) is 0. The minimum absolute atomic E-state index is 0.114. The van der Waals surface area contributed by atoms with Crippen molar-refractivity contribution < 1.29 is 4.79 Å². The van der Waals surface area contributed by atoms with Gasteiger partial charge >= 0.3 is 0 Å². The summed E-state index contributed by atoms with van der Waals surface area (Å²) < 4.78 is 0. The van der Waals surface area contributed by atoms with Gasteiger partial charge in [0.2, 0.25) is 5.91 Å². The predicted molar refractivity (Wildman–Crippen MR) is 79.6 cm³/mol. The third-order valence-corrected chi connectivity index (χ3v) is 3.58. The summed E-state index contributed by atoms with van der Waals surface area (Å²) in [6, 6.07) is 8.57. The van der Waals surface area contributed by atoms with Crippen LogP contribution >= 0.6 is 0 Å². The lowest BCUT2D eigenvalue weighted by molar-refractivity contribution is -0.121. The van der Waals surface area contributed by atoms with Gasteiger partial charge in [-0.2, -0.15) is 0 Å². The van der Waals surface area contributed by atoms with E-state index in [1.165, 1.54) is 5.69 Å². The Hall–Kier alpha value is -1.55. The van der Waals surface area contributed by atoms with Crippen molar-refractivity contribution in [3.63, 3.8) is 0 Å². The quantitative estimate of drug-likeness (QED) is 0.853. The van der Waals surface area contributed by atoms with Crippen molar-refractivity contribution in [2.45, 2.75) is 26.8 Å². The zero-order valence-corrected chi connectivity index (χ0v) is 11.9. The van der Waals surface area contributed by atoms with Crippen LogP contribution < -0.4 is 15.5 Å². The summed E-state index contributed by atoms with van der Waals surface area (Å²) in [5, 5.41) is 6.06. The van der Waals surface area contributed by atoms with E-state index in [0.29, 0.717) is 6.04 Å². The molecule has 2 N–H and O–H groups in total. The van der Waals surface area contributed by atoms with Crippen LogP contribution in [-0.2, 0) is 4.79 Å². The number of anilines is 2. The van der Waals surface area contributed by atoms with Gasteiger partial charge in [0.25, 0.3) is 0 Å². The van der Waals surface area contributed by atoms with Crippen molar-refractivity contribution >= 4 is 17.3 Å². The first kappa shape index (κ1) is 13.9. The van der Waals surface area contributed by atoms with E-state index in [4.69, 9.17) is 0 Å². The molecular formula is C15H23N3O. The highest BCUT2D eigenvalue weighted by atomic mass is 16.2. The standard InChI is InChI=1S/C15H23N3O/c1-4-18(11(2)3)14-7-5-13(6-8-14)17-15(19)12-9-16-10-12/h5-8,11-12,16H,4,9-10H2,1-3H3,(H,17,19). The van der Waals surface area contributed by atoms with E-state index >= 15 is 0 Å². The molecule has 1 fully saturated rings. The summed E-state index contributed by atoms with van der Waals surface area (Å²) in [5.41, 5.74) is 2.07. The van der Waals surface area contributed by atoms with Crippen molar-refractivity contribution in [3.8, 4) is 0 Å². The molecule has 1 heterocycles. The van der Waals surface area contributed by atoms with Gasteiger partial charge in [-0.1, -0.05) is 0 Å². The number of carbonyl (C=O) groups is 1. The zero-order valence-electron chi connectivity index (χ0n) is 11.9. The largest absolute Gasteiger partial charge is 0.369 e. The second-order valence-corrected chi connectivity index (χ2v) is 5.27. The molecule has 4 heteroatoms. The third kappa shape index (κ3) is 3.26. The number of carbonyl (C=O) groups excluding carboxylic acids is 1. The van der Waals surface area contributed by atoms with Gasteiger partial charge in [0.05, 0.1) is 5.92 Å². The van der Waals surface area contributed by atoms with Crippen molar-refractivity contribution in [2.75, 3.05) is 29.9 Å². The molecule has 4 nitrogen and oxygen atoms in total. The molecule has 1 aromatic rings.